The van der Waals surface area contributed by atoms with Gasteiger partial charge in [-0.25, -0.2) is 9.07 Å². The number of benzene rings is 1. The van der Waals surface area contributed by atoms with Crippen LogP contribution in [-0.2, 0) is 11.0 Å². The van der Waals surface area contributed by atoms with Gasteiger partial charge in [0.15, 0.2) is 5.82 Å². The van der Waals surface area contributed by atoms with E-state index in [0.717, 1.165) is 23.0 Å². The topological polar surface area (TPSA) is 69.0 Å². The Labute approximate surface area is 201 Å². The molecule has 2 heterocycles. The third kappa shape index (κ3) is 7.43. The average molecular weight is 518 g/mol. The Kier molecular flexibility index (Phi) is 7.32. The number of pyridine rings is 1. The van der Waals surface area contributed by atoms with Gasteiger partial charge in [0.05, 0.1) is 23.1 Å². The molecule has 0 fully saturated rings. The number of nitrogens with zero attached hydrogens (tertiary/aromatic N) is 3. The Morgan fingerprint density at radius 1 is 1.00 bits per heavy atom. The number of halogens is 7. The van der Waals surface area contributed by atoms with E-state index in [1.807, 2.05) is 20.8 Å². The van der Waals surface area contributed by atoms with Crippen molar-refractivity contribution in [3.05, 3.63) is 54.1 Å². The molecule has 3 rings (SSSR count). The van der Waals surface area contributed by atoms with Crippen molar-refractivity contribution in [2.24, 2.45) is 5.41 Å². The van der Waals surface area contributed by atoms with Gasteiger partial charge in [-0.2, -0.15) is 13.2 Å². The predicted molar refractivity (Wildman–Crippen MR) is 116 cm³/mol. The van der Waals surface area contributed by atoms with Crippen molar-refractivity contribution in [2.45, 2.75) is 46.2 Å². The van der Waals surface area contributed by atoms with Gasteiger partial charge in [-0.05, 0) is 30.0 Å². The minimum Gasteiger partial charge on any atom is -0.406 e. The highest BCUT2D eigenvalue weighted by atomic mass is 19.4. The highest BCUT2D eigenvalue weighted by molar-refractivity contribution is 5.90. The van der Waals surface area contributed by atoms with Crippen molar-refractivity contribution in [3.8, 4) is 22.7 Å². The highest BCUT2D eigenvalue weighted by Crippen LogP contribution is 2.34. The first kappa shape index (κ1) is 27.0. The van der Waals surface area contributed by atoms with Crippen LogP contribution in [0.5, 0.6) is 5.75 Å². The Morgan fingerprint density at radius 2 is 1.69 bits per heavy atom. The van der Waals surface area contributed by atoms with E-state index < -0.39 is 35.6 Å². The van der Waals surface area contributed by atoms with Crippen molar-refractivity contribution in [1.29, 1.82) is 0 Å². The second-order valence-corrected chi connectivity index (χ2v) is 9.09. The number of hydrogen-bond acceptors (Lipinski definition) is 4. The largest absolute Gasteiger partial charge is 0.573 e. The lowest BCUT2D eigenvalue weighted by atomic mass is 9.90. The number of ether oxygens (including phenoxy) is 1. The van der Waals surface area contributed by atoms with Crippen molar-refractivity contribution in [2.75, 3.05) is 5.32 Å². The van der Waals surface area contributed by atoms with Crippen LogP contribution < -0.4 is 10.1 Å². The summed E-state index contributed by atoms with van der Waals surface area (Å²) in [5.74, 6) is -2.53. The summed E-state index contributed by atoms with van der Waals surface area (Å²) in [6, 6.07) is 4.10. The molecule has 0 unspecified atom stereocenters. The first-order chi connectivity index (χ1) is 16.5. The SMILES string of the molecule is CC(C)(C)CCC(=O)Nc1cc(-c2cc(F)cc(OC(F)(F)F)c2)n(-c2cncc(C(F)(F)F)c2)n1. The van der Waals surface area contributed by atoms with Crippen molar-refractivity contribution in [3.63, 3.8) is 0 Å². The van der Waals surface area contributed by atoms with Crippen LogP contribution in [0.2, 0.25) is 0 Å². The van der Waals surface area contributed by atoms with E-state index in [0.29, 0.717) is 24.8 Å². The second-order valence-electron chi connectivity index (χ2n) is 9.09. The molecule has 0 atom stereocenters. The number of amides is 1. The molecule has 2 aromatic heterocycles. The quantitative estimate of drug-likeness (QED) is 0.367. The van der Waals surface area contributed by atoms with Gasteiger partial charge in [0.1, 0.15) is 11.6 Å². The van der Waals surface area contributed by atoms with E-state index in [-0.39, 0.29) is 34.6 Å². The summed E-state index contributed by atoms with van der Waals surface area (Å²) in [7, 11) is 0. The highest BCUT2D eigenvalue weighted by Gasteiger charge is 2.33. The number of aromatic nitrogens is 3. The van der Waals surface area contributed by atoms with Gasteiger partial charge in [0.25, 0.3) is 0 Å². The Balaban J connectivity index is 2.08. The fourth-order valence-corrected chi connectivity index (χ4v) is 3.14. The number of carbonyl (C=O) groups excluding carboxylic acids is 1. The molecule has 0 aliphatic rings. The maximum Gasteiger partial charge on any atom is 0.573 e. The molecule has 1 amide bonds. The smallest absolute Gasteiger partial charge is 0.406 e. The lowest BCUT2D eigenvalue weighted by Crippen LogP contribution is -2.17. The molecule has 0 aliphatic carbocycles. The molecular weight excluding hydrogens is 497 g/mol. The van der Waals surface area contributed by atoms with E-state index in [1.54, 1.807) is 0 Å². The first-order valence-corrected chi connectivity index (χ1v) is 10.5. The van der Waals surface area contributed by atoms with Crippen molar-refractivity contribution in [1.82, 2.24) is 14.8 Å². The average Bonchev–Trinajstić information content (AvgIpc) is 3.13. The first-order valence-electron chi connectivity index (χ1n) is 10.5. The second kappa shape index (κ2) is 9.78. The summed E-state index contributed by atoms with van der Waals surface area (Å²) >= 11 is 0. The third-order valence-electron chi connectivity index (χ3n) is 4.78. The molecule has 0 saturated heterocycles. The minimum atomic E-state index is -5.11. The maximum atomic E-state index is 14.2. The molecule has 1 aromatic carbocycles. The van der Waals surface area contributed by atoms with Gasteiger partial charge in [-0.15, -0.1) is 18.3 Å². The molecule has 0 radical (unpaired) electrons. The summed E-state index contributed by atoms with van der Waals surface area (Å²) in [5.41, 5.74) is -1.81. The summed E-state index contributed by atoms with van der Waals surface area (Å²) in [4.78, 5) is 15.9. The van der Waals surface area contributed by atoms with E-state index in [1.165, 1.54) is 6.07 Å². The van der Waals surface area contributed by atoms with E-state index >= 15 is 0 Å². The van der Waals surface area contributed by atoms with Gasteiger partial charge in [-0.3, -0.25) is 9.78 Å². The minimum absolute atomic E-state index is 0.108. The predicted octanol–water partition coefficient (Wildman–Crippen LogP) is 6.76. The third-order valence-corrected chi connectivity index (χ3v) is 4.78. The number of hydrogen-bond donors (Lipinski definition) is 1. The molecule has 1 N–H and O–H groups in total. The van der Waals surface area contributed by atoms with E-state index in [9.17, 15) is 35.5 Å². The summed E-state index contributed by atoms with van der Waals surface area (Å²) < 4.78 is 96.6. The molecule has 0 bridgehead atoms. The van der Waals surface area contributed by atoms with Gasteiger partial charge >= 0.3 is 12.5 Å². The molecule has 0 aliphatic heterocycles. The van der Waals surface area contributed by atoms with Gasteiger partial charge in [-0.1, -0.05) is 20.8 Å². The Bertz CT molecular complexity index is 1240. The zero-order valence-corrected chi connectivity index (χ0v) is 19.3. The van der Waals surface area contributed by atoms with Crippen LogP contribution in [0.3, 0.4) is 0 Å². The Hall–Kier alpha value is -3.64. The molecule has 0 saturated carbocycles. The molecule has 3 aromatic rings. The molecule has 6 nitrogen and oxygen atoms in total. The fourth-order valence-electron chi connectivity index (χ4n) is 3.14. The number of alkyl halides is 6. The zero-order valence-electron chi connectivity index (χ0n) is 19.3. The number of carbonyl (C=O) groups is 1. The molecule has 0 spiro atoms. The van der Waals surface area contributed by atoms with Gasteiger partial charge < -0.3 is 10.1 Å². The summed E-state index contributed by atoms with van der Waals surface area (Å²) in [6.45, 7) is 5.79. The molecular formula is C23H21F7N4O2. The zero-order chi connectivity index (χ0) is 26.9. The monoisotopic (exact) mass is 518 g/mol. The lowest BCUT2D eigenvalue weighted by Gasteiger charge is -2.16. The van der Waals surface area contributed by atoms with Crippen LogP contribution in [0.4, 0.5) is 36.6 Å². The van der Waals surface area contributed by atoms with Crippen LogP contribution >= 0.6 is 0 Å². The maximum absolute atomic E-state index is 14.2. The summed E-state index contributed by atoms with van der Waals surface area (Å²) in [5, 5.41) is 6.60. The number of rotatable bonds is 6. The van der Waals surface area contributed by atoms with Gasteiger partial charge in [0.2, 0.25) is 5.91 Å². The van der Waals surface area contributed by atoms with Crippen molar-refractivity contribution >= 4 is 11.7 Å². The summed E-state index contributed by atoms with van der Waals surface area (Å²) in [6.07, 6.45) is -7.61. The molecule has 36 heavy (non-hydrogen) atoms. The molecule has 13 heteroatoms. The van der Waals surface area contributed by atoms with E-state index in [4.69, 9.17) is 0 Å². The molecule has 194 valence electrons. The van der Waals surface area contributed by atoms with Crippen LogP contribution in [-0.4, -0.2) is 27.0 Å². The normalized spacial score (nSPS) is 12.5. The van der Waals surface area contributed by atoms with Crippen LogP contribution in [0.15, 0.2) is 42.7 Å². The number of nitrogens with one attached hydrogen (secondary N) is 1. The number of anilines is 1. The van der Waals surface area contributed by atoms with Crippen LogP contribution in [0.25, 0.3) is 16.9 Å². The Morgan fingerprint density at radius 3 is 2.31 bits per heavy atom. The lowest BCUT2D eigenvalue weighted by molar-refractivity contribution is -0.274. The van der Waals surface area contributed by atoms with Gasteiger partial charge in [0, 0.05) is 30.3 Å². The van der Waals surface area contributed by atoms with Crippen molar-refractivity contribution < 1.29 is 40.3 Å². The van der Waals surface area contributed by atoms with E-state index in [2.05, 4.69) is 20.1 Å². The van der Waals surface area contributed by atoms with Crippen LogP contribution in [0, 0.1) is 11.2 Å². The van der Waals surface area contributed by atoms with Crippen LogP contribution in [0.1, 0.15) is 39.2 Å². The standard InChI is InChI=1S/C23H21F7N4O2/c1-21(2,3)5-4-20(35)32-19-10-18(13-6-15(24)9-17(7-13)36-23(28,29)30)34(33-19)16-8-14(11-31-12-16)22(25,26)27/h6-12H,4-5H2,1-3H3,(H,32,33,35). The fraction of sp³-hybridized carbons (Fsp3) is 0.348.